The highest BCUT2D eigenvalue weighted by atomic mass is 16.6. The van der Waals surface area contributed by atoms with E-state index < -0.39 is 23.3 Å². The number of nitrogens with two attached hydrogens (primary N) is 1. The molecule has 0 heterocycles. The van der Waals surface area contributed by atoms with Crippen molar-refractivity contribution in [2.24, 2.45) is 5.73 Å². The van der Waals surface area contributed by atoms with E-state index in [1.54, 1.807) is 0 Å². The van der Waals surface area contributed by atoms with E-state index in [2.05, 4.69) is 5.32 Å². The maximum Gasteiger partial charge on any atom is 0.407 e. The Morgan fingerprint density at radius 3 is 2.30 bits per heavy atom. The largest absolute Gasteiger partial charge is 0.465 e. The summed E-state index contributed by atoms with van der Waals surface area (Å²) in [7, 11) is 0. The molecule has 4 N–H and O–H groups in total. The Labute approximate surface area is 161 Å². The number of hydrogen-bond donors (Lipinski definition) is 3. The molecule has 7 nitrogen and oxygen atoms in total. The number of carbonyl (C=O) groups excluding carboxylic acids is 1. The van der Waals surface area contributed by atoms with Gasteiger partial charge in [0.05, 0.1) is 0 Å². The first kappa shape index (κ1) is 22.8. The Morgan fingerprint density at radius 1 is 1.19 bits per heavy atom. The molecule has 2 amide bonds. The fourth-order valence-electron chi connectivity index (χ4n) is 2.60. The Hall–Kier alpha value is -2.28. The lowest BCUT2D eigenvalue weighted by atomic mass is 10.0. The summed E-state index contributed by atoms with van der Waals surface area (Å²) < 4.78 is 5.22. The third-order valence-corrected chi connectivity index (χ3v) is 3.78. The maximum absolute atomic E-state index is 11.8. The number of nitrogens with one attached hydrogen (secondary N) is 1. The average Bonchev–Trinajstić information content (AvgIpc) is 2.48. The van der Waals surface area contributed by atoms with E-state index in [0.717, 1.165) is 11.1 Å². The molecule has 1 aromatic carbocycles. The van der Waals surface area contributed by atoms with Crippen LogP contribution >= 0.6 is 0 Å². The number of carboxylic acid groups (broad SMARTS) is 1. The number of carbonyl (C=O) groups is 2. The Kier molecular flexibility index (Phi) is 7.65. The van der Waals surface area contributed by atoms with E-state index in [0.29, 0.717) is 13.0 Å². The normalized spacial score (nSPS) is 13.0. The summed E-state index contributed by atoms with van der Waals surface area (Å²) in [6, 6.07) is 7.38. The summed E-state index contributed by atoms with van der Waals surface area (Å²) >= 11 is 0. The molecule has 0 aliphatic carbocycles. The highest BCUT2D eigenvalue weighted by Gasteiger charge is 2.27. The van der Waals surface area contributed by atoms with Gasteiger partial charge in [-0.05, 0) is 59.1 Å². The molecular weight excluding hydrogens is 346 g/mol. The van der Waals surface area contributed by atoms with Gasteiger partial charge in [0.25, 0.3) is 0 Å². The molecule has 27 heavy (non-hydrogen) atoms. The van der Waals surface area contributed by atoms with Crippen molar-refractivity contribution in [1.82, 2.24) is 10.2 Å². The van der Waals surface area contributed by atoms with Gasteiger partial charge in [0.15, 0.2) is 0 Å². The van der Waals surface area contributed by atoms with Crippen LogP contribution in [0.4, 0.5) is 9.59 Å². The first-order valence-corrected chi connectivity index (χ1v) is 9.09. The van der Waals surface area contributed by atoms with Gasteiger partial charge in [-0.15, -0.1) is 0 Å². The van der Waals surface area contributed by atoms with E-state index >= 15 is 0 Å². The van der Waals surface area contributed by atoms with Crippen LogP contribution in [0.2, 0.25) is 0 Å². The molecule has 0 bridgehead atoms. The molecule has 0 saturated carbocycles. The topological polar surface area (TPSA) is 105 Å². The van der Waals surface area contributed by atoms with Crippen molar-refractivity contribution in [2.45, 2.75) is 71.7 Å². The molecule has 0 aliphatic rings. The van der Waals surface area contributed by atoms with Crippen LogP contribution in [-0.2, 0) is 17.7 Å². The van der Waals surface area contributed by atoms with E-state index in [1.807, 2.05) is 65.8 Å². The number of nitrogens with zero attached hydrogens (tertiary/aromatic N) is 1. The molecule has 152 valence electrons. The zero-order valence-corrected chi connectivity index (χ0v) is 17.2. The van der Waals surface area contributed by atoms with Crippen molar-refractivity contribution in [3.8, 4) is 0 Å². The summed E-state index contributed by atoms with van der Waals surface area (Å²) in [5, 5.41) is 12.1. The van der Waals surface area contributed by atoms with Gasteiger partial charge in [-0.3, -0.25) is 0 Å². The zero-order valence-electron chi connectivity index (χ0n) is 17.2. The van der Waals surface area contributed by atoms with E-state index in [9.17, 15) is 14.7 Å². The van der Waals surface area contributed by atoms with Gasteiger partial charge in [0, 0.05) is 24.7 Å². The fourth-order valence-corrected chi connectivity index (χ4v) is 2.60. The van der Waals surface area contributed by atoms with Gasteiger partial charge in [0.2, 0.25) is 0 Å². The van der Waals surface area contributed by atoms with Crippen LogP contribution in [0.15, 0.2) is 24.3 Å². The molecule has 1 atom stereocenters. The van der Waals surface area contributed by atoms with Crippen molar-refractivity contribution in [3.63, 3.8) is 0 Å². The Bertz CT molecular complexity index is 647. The molecule has 0 saturated heterocycles. The van der Waals surface area contributed by atoms with Crippen molar-refractivity contribution in [3.05, 3.63) is 35.4 Å². The van der Waals surface area contributed by atoms with Crippen LogP contribution in [0.25, 0.3) is 0 Å². The monoisotopic (exact) mass is 379 g/mol. The molecule has 1 aromatic rings. The molecule has 0 aliphatic heterocycles. The molecule has 0 fully saturated rings. The second-order valence-corrected chi connectivity index (χ2v) is 8.70. The second kappa shape index (κ2) is 9.08. The van der Waals surface area contributed by atoms with Crippen LogP contribution in [0.1, 0.15) is 52.7 Å². The van der Waals surface area contributed by atoms with Gasteiger partial charge in [-0.2, -0.15) is 0 Å². The minimum Gasteiger partial charge on any atom is -0.465 e. The standard InChI is InChI=1S/C20H33N3O4/c1-19(2,3)23(18(25)26)13-16(21)11-14-8-7-9-15(10-14)12-22-17(24)27-20(4,5)6/h7-10,16H,11-13,21H2,1-6H3,(H,22,24)(H,25,26)/t16-/m1/s1. The molecule has 0 aromatic heterocycles. The predicted octanol–water partition coefficient (Wildman–Crippen LogP) is 3.36. The third-order valence-electron chi connectivity index (χ3n) is 3.78. The lowest BCUT2D eigenvalue weighted by Gasteiger charge is -2.35. The van der Waals surface area contributed by atoms with Crippen molar-refractivity contribution in [2.75, 3.05) is 6.54 Å². The summed E-state index contributed by atoms with van der Waals surface area (Å²) in [4.78, 5) is 24.6. The van der Waals surface area contributed by atoms with Crippen LogP contribution in [-0.4, -0.2) is 45.9 Å². The Balaban J connectivity index is 2.65. The minimum absolute atomic E-state index is 0.249. The van der Waals surface area contributed by atoms with Crippen molar-refractivity contribution < 1.29 is 19.4 Å². The lowest BCUT2D eigenvalue weighted by Crippen LogP contribution is -2.50. The summed E-state index contributed by atoms with van der Waals surface area (Å²) in [5.74, 6) is 0. The van der Waals surface area contributed by atoms with E-state index in [1.165, 1.54) is 4.90 Å². The number of benzene rings is 1. The first-order chi connectivity index (χ1) is 12.3. The number of ether oxygens (including phenoxy) is 1. The maximum atomic E-state index is 11.8. The minimum atomic E-state index is -0.978. The first-order valence-electron chi connectivity index (χ1n) is 9.09. The molecule has 7 heteroatoms. The van der Waals surface area contributed by atoms with Crippen molar-refractivity contribution in [1.29, 1.82) is 0 Å². The summed E-state index contributed by atoms with van der Waals surface area (Å²) in [5.41, 5.74) is 7.06. The highest BCUT2D eigenvalue weighted by Crippen LogP contribution is 2.15. The average molecular weight is 380 g/mol. The van der Waals surface area contributed by atoms with Gasteiger partial charge in [0.1, 0.15) is 5.60 Å². The number of hydrogen-bond acceptors (Lipinski definition) is 4. The lowest BCUT2D eigenvalue weighted by molar-refractivity contribution is 0.0523. The fraction of sp³-hybridized carbons (Fsp3) is 0.600. The molecular formula is C20H33N3O4. The van der Waals surface area contributed by atoms with Crippen LogP contribution < -0.4 is 11.1 Å². The summed E-state index contributed by atoms with van der Waals surface area (Å²) in [6.07, 6.45) is -0.903. The van der Waals surface area contributed by atoms with Gasteiger partial charge in [-0.1, -0.05) is 24.3 Å². The second-order valence-electron chi connectivity index (χ2n) is 8.70. The number of alkyl carbamates (subject to hydrolysis) is 1. The van der Waals surface area contributed by atoms with Crippen LogP contribution in [0.5, 0.6) is 0 Å². The molecule has 0 radical (unpaired) electrons. The predicted molar refractivity (Wildman–Crippen MR) is 106 cm³/mol. The quantitative estimate of drug-likeness (QED) is 0.703. The molecule has 0 unspecified atom stereocenters. The van der Waals surface area contributed by atoms with E-state index in [-0.39, 0.29) is 12.6 Å². The van der Waals surface area contributed by atoms with Crippen LogP contribution in [0.3, 0.4) is 0 Å². The number of amides is 2. The van der Waals surface area contributed by atoms with E-state index in [4.69, 9.17) is 10.5 Å². The summed E-state index contributed by atoms with van der Waals surface area (Å²) in [6.45, 7) is 11.6. The van der Waals surface area contributed by atoms with Gasteiger partial charge >= 0.3 is 12.2 Å². The Morgan fingerprint density at radius 2 is 1.78 bits per heavy atom. The van der Waals surface area contributed by atoms with Crippen LogP contribution in [0, 0.1) is 0 Å². The van der Waals surface area contributed by atoms with Crippen molar-refractivity contribution >= 4 is 12.2 Å². The third kappa shape index (κ3) is 8.77. The molecule has 0 spiro atoms. The van der Waals surface area contributed by atoms with Gasteiger partial charge < -0.3 is 25.8 Å². The smallest absolute Gasteiger partial charge is 0.407 e. The zero-order chi connectivity index (χ0) is 20.8. The highest BCUT2D eigenvalue weighted by molar-refractivity contribution is 5.67. The SMILES string of the molecule is CC(C)(C)OC(=O)NCc1cccc(C[C@@H](N)CN(C(=O)O)C(C)(C)C)c1. The molecule has 1 rings (SSSR count). The van der Waals surface area contributed by atoms with Gasteiger partial charge in [-0.25, -0.2) is 9.59 Å². The number of rotatable bonds is 6.